The zero-order valence-electron chi connectivity index (χ0n) is 15.9. The average molecular weight is 385 g/mol. The van der Waals surface area contributed by atoms with Crippen molar-refractivity contribution in [1.29, 1.82) is 5.26 Å². The molecule has 2 aromatic heterocycles. The number of H-pyrrole nitrogens is 1. The molecule has 7 nitrogen and oxygen atoms in total. The number of benzene rings is 2. The fourth-order valence-corrected chi connectivity index (χ4v) is 3.63. The molecule has 0 amide bonds. The molecule has 4 aromatic rings. The number of nitrogens with zero attached hydrogens (tertiary/aromatic N) is 4. The van der Waals surface area contributed by atoms with Gasteiger partial charge in [0.05, 0.1) is 36.7 Å². The summed E-state index contributed by atoms with van der Waals surface area (Å²) in [5.74, 6) is 2.50. The van der Waals surface area contributed by atoms with Gasteiger partial charge in [-0.15, -0.1) is 0 Å². The average Bonchev–Trinajstić information content (AvgIpc) is 3.51. The first-order valence-corrected chi connectivity index (χ1v) is 9.47. The molecule has 1 aliphatic heterocycles. The summed E-state index contributed by atoms with van der Waals surface area (Å²) >= 11 is 0. The van der Waals surface area contributed by atoms with Gasteiger partial charge in [0, 0.05) is 23.4 Å². The van der Waals surface area contributed by atoms with Crippen molar-refractivity contribution in [3.63, 3.8) is 0 Å². The van der Waals surface area contributed by atoms with E-state index in [0.29, 0.717) is 12.2 Å². The molecule has 3 heterocycles. The number of hydrogen-bond donors (Lipinski definition) is 1. The summed E-state index contributed by atoms with van der Waals surface area (Å²) in [6.07, 6.45) is 0.917. The fraction of sp³-hybridized carbons (Fsp3) is 0.227. The van der Waals surface area contributed by atoms with Crippen LogP contribution >= 0.6 is 0 Å². The summed E-state index contributed by atoms with van der Waals surface area (Å²) in [5, 5.41) is 14.9. The van der Waals surface area contributed by atoms with Gasteiger partial charge in [-0.1, -0.05) is 0 Å². The Kier molecular flexibility index (Phi) is 4.26. The summed E-state index contributed by atoms with van der Waals surface area (Å²) in [4.78, 5) is 8.30. The van der Waals surface area contributed by atoms with Crippen LogP contribution in [0.25, 0.3) is 28.1 Å². The Balaban J connectivity index is 1.64. The van der Waals surface area contributed by atoms with Gasteiger partial charge in [0.1, 0.15) is 5.75 Å². The Bertz CT molecular complexity index is 1210. The van der Waals surface area contributed by atoms with Gasteiger partial charge in [0.25, 0.3) is 0 Å². The number of nitrogens with one attached hydrogen (secondary N) is 1. The highest BCUT2D eigenvalue weighted by molar-refractivity contribution is 5.86. The lowest BCUT2D eigenvalue weighted by Crippen LogP contribution is -2.02. The molecule has 0 saturated carbocycles. The third-order valence-electron chi connectivity index (χ3n) is 5.23. The number of aromatic nitrogens is 4. The number of aromatic amines is 1. The largest absolute Gasteiger partial charge is 0.497 e. The minimum atomic E-state index is 0.192. The van der Waals surface area contributed by atoms with Crippen LogP contribution in [0.1, 0.15) is 23.7 Å². The van der Waals surface area contributed by atoms with Crippen molar-refractivity contribution in [2.75, 3.05) is 20.3 Å². The number of hydrogen-bond acceptors (Lipinski definition) is 5. The third kappa shape index (κ3) is 3.13. The molecule has 29 heavy (non-hydrogen) atoms. The molecule has 1 aliphatic rings. The van der Waals surface area contributed by atoms with E-state index >= 15 is 0 Å². The normalized spacial score (nSPS) is 16.2. The number of ether oxygens (including phenoxy) is 2. The molecule has 0 bridgehead atoms. The summed E-state index contributed by atoms with van der Waals surface area (Å²) in [5.41, 5.74) is 3.33. The molecule has 2 aromatic carbocycles. The number of rotatable bonds is 4. The second-order valence-corrected chi connectivity index (χ2v) is 7.06. The highest BCUT2D eigenvalue weighted by atomic mass is 16.5. The SMILES string of the molecule is COc1ccc2[nH]c(-c3nc([C@@H]4CCOC4)nn3-c3ccc(C#N)cc3)cc2c1. The number of methoxy groups -OCH3 is 1. The Labute approximate surface area is 167 Å². The van der Waals surface area contributed by atoms with Gasteiger partial charge in [-0.3, -0.25) is 0 Å². The smallest absolute Gasteiger partial charge is 0.179 e. The van der Waals surface area contributed by atoms with Gasteiger partial charge in [0.2, 0.25) is 0 Å². The van der Waals surface area contributed by atoms with E-state index in [0.717, 1.165) is 52.7 Å². The second kappa shape index (κ2) is 7.08. The minimum absolute atomic E-state index is 0.192. The van der Waals surface area contributed by atoms with Crippen molar-refractivity contribution in [3.05, 3.63) is 59.9 Å². The lowest BCUT2D eigenvalue weighted by Gasteiger charge is -2.04. The molecular weight excluding hydrogens is 366 g/mol. The fourth-order valence-electron chi connectivity index (χ4n) is 3.63. The molecular formula is C22H19N5O2. The van der Waals surface area contributed by atoms with Gasteiger partial charge in [-0.2, -0.15) is 10.4 Å². The molecule has 1 saturated heterocycles. The first kappa shape index (κ1) is 17.5. The van der Waals surface area contributed by atoms with Gasteiger partial charge in [-0.25, -0.2) is 9.67 Å². The van der Waals surface area contributed by atoms with Crippen LogP contribution in [0.3, 0.4) is 0 Å². The minimum Gasteiger partial charge on any atom is -0.497 e. The highest BCUT2D eigenvalue weighted by Gasteiger charge is 2.25. The lowest BCUT2D eigenvalue weighted by atomic mass is 10.1. The van der Waals surface area contributed by atoms with Crippen LogP contribution in [0, 0.1) is 11.3 Å². The highest BCUT2D eigenvalue weighted by Crippen LogP contribution is 2.30. The molecule has 1 atom stereocenters. The lowest BCUT2D eigenvalue weighted by molar-refractivity contribution is 0.193. The third-order valence-corrected chi connectivity index (χ3v) is 5.23. The van der Waals surface area contributed by atoms with Gasteiger partial charge >= 0.3 is 0 Å². The van der Waals surface area contributed by atoms with Gasteiger partial charge < -0.3 is 14.5 Å². The number of fused-ring (bicyclic) bond motifs is 1. The molecule has 0 spiro atoms. The van der Waals surface area contributed by atoms with Crippen molar-refractivity contribution in [2.24, 2.45) is 0 Å². The first-order valence-electron chi connectivity index (χ1n) is 9.47. The van der Waals surface area contributed by atoms with E-state index in [1.54, 1.807) is 19.2 Å². The van der Waals surface area contributed by atoms with Crippen molar-refractivity contribution in [3.8, 4) is 29.0 Å². The molecule has 0 aliphatic carbocycles. The van der Waals surface area contributed by atoms with Crippen LogP contribution in [-0.4, -0.2) is 40.1 Å². The van der Waals surface area contributed by atoms with Crippen LogP contribution in [0.15, 0.2) is 48.5 Å². The Morgan fingerprint density at radius 3 is 2.79 bits per heavy atom. The van der Waals surface area contributed by atoms with E-state index < -0.39 is 0 Å². The van der Waals surface area contributed by atoms with E-state index in [4.69, 9.17) is 24.8 Å². The predicted molar refractivity (Wildman–Crippen MR) is 108 cm³/mol. The Morgan fingerprint density at radius 2 is 2.07 bits per heavy atom. The molecule has 7 heteroatoms. The summed E-state index contributed by atoms with van der Waals surface area (Å²) in [7, 11) is 1.66. The van der Waals surface area contributed by atoms with Gasteiger partial charge in [-0.05, 0) is 55.0 Å². The van der Waals surface area contributed by atoms with Crippen molar-refractivity contribution < 1.29 is 9.47 Å². The molecule has 5 rings (SSSR count). The standard InChI is InChI=1S/C22H19N5O2/c1-28-18-6-7-19-16(10-18)11-20(24-19)22-25-21(15-8-9-29-13-15)26-27(22)17-4-2-14(12-23)3-5-17/h2-7,10-11,15,24H,8-9,13H2,1H3/t15-/m1/s1. The summed E-state index contributed by atoms with van der Waals surface area (Å²) in [6.45, 7) is 1.37. The molecule has 1 N–H and O–H groups in total. The Morgan fingerprint density at radius 1 is 1.21 bits per heavy atom. The zero-order chi connectivity index (χ0) is 19.8. The molecule has 0 unspecified atom stereocenters. The van der Waals surface area contributed by atoms with E-state index in [1.165, 1.54) is 0 Å². The van der Waals surface area contributed by atoms with Gasteiger partial charge in [0.15, 0.2) is 11.6 Å². The van der Waals surface area contributed by atoms with Crippen LogP contribution in [0.4, 0.5) is 0 Å². The maximum absolute atomic E-state index is 9.09. The van der Waals surface area contributed by atoms with Crippen molar-refractivity contribution in [2.45, 2.75) is 12.3 Å². The number of nitriles is 1. The predicted octanol–water partition coefficient (Wildman–Crippen LogP) is 3.80. The maximum Gasteiger partial charge on any atom is 0.179 e. The quantitative estimate of drug-likeness (QED) is 0.577. The van der Waals surface area contributed by atoms with E-state index in [-0.39, 0.29) is 5.92 Å². The second-order valence-electron chi connectivity index (χ2n) is 7.06. The zero-order valence-corrected chi connectivity index (χ0v) is 15.9. The van der Waals surface area contributed by atoms with Crippen LogP contribution in [-0.2, 0) is 4.74 Å². The Hall–Kier alpha value is -3.63. The summed E-state index contributed by atoms with van der Waals surface area (Å²) < 4.78 is 12.7. The topological polar surface area (TPSA) is 88.8 Å². The van der Waals surface area contributed by atoms with Crippen LogP contribution < -0.4 is 4.74 Å². The maximum atomic E-state index is 9.09. The molecule has 1 fully saturated rings. The van der Waals surface area contributed by atoms with Crippen LogP contribution in [0.2, 0.25) is 0 Å². The van der Waals surface area contributed by atoms with E-state index in [2.05, 4.69) is 17.1 Å². The molecule has 0 radical (unpaired) electrons. The van der Waals surface area contributed by atoms with Crippen molar-refractivity contribution >= 4 is 10.9 Å². The first-order chi connectivity index (χ1) is 14.2. The monoisotopic (exact) mass is 385 g/mol. The van der Waals surface area contributed by atoms with Crippen LogP contribution in [0.5, 0.6) is 5.75 Å². The summed E-state index contributed by atoms with van der Waals surface area (Å²) in [6, 6.07) is 17.5. The van der Waals surface area contributed by atoms with E-state index in [9.17, 15) is 0 Å². The van der Waals surface area contributed by atoms with E-state index in [1.807, 2.05) is 35.0 Å². The van der Waals surface area contributed by atoms with Crippen molar-refractivity contribution in [1.82, 2.24) is 19.7 Å². The molecule has 144 valence electrons.